The monoisotopic (exact) mass is 336 g/mol. The van der Waals surface area contributed by atoms with E-state index in [4.69, 9.17) is 5.84 Å². The summed E-state index contributed by atoms with van der Waals surface area (Å²) in [5.74, 6) is 5.36. The van der Waals surface area contributed by atoms with E-state index in [1.54, 1.807) is 6.07 Å². The maximum absolute atomic E-state index is 13.6. The lowest BCUT2D eigenvalue weighted by Gasteiger charge is -2.18. The molecule has 106 valence electrons. The summed E-state index contributed by atoms with van der Waals surface area (Å²) in [4.78, 5) is 0. The van der Waals surface area contributed by atoms with Gasteiger partial charge in [-0.1, -0.05) is 43.3 Å². The number of nitrogens with one attached hydrogen (secondary N) is 1. The number of nitrogens with two attached hydrogens (primary N) is 1. The molecule has 0 heterocycles. The molecule has 4 heteroatoms. The average molecular weight is 337 g/mol. The molecule has 2 aromatic carbocycles. The third kappa shape index (κ3) is 3.45. The maximum atomic E-state index is 13.6. The predicted molar refractivity (Wildman–Crippen MR) is 83.7 cm³/mol. The van der Waals surface area contributed by atoms with E-state index in [0.29, 0.717) is 10.9 Å². The van der Waals surface area contributed by atoms with Gasteiger partial charge in [0.15, 0.2) is 0 Å². The van der Waals surface area contributed by atoms with Gasteiger partial charge < -0.3 is 0 Å². The van der Waals surface area contributed by atoms with Crippen LogP contribution in [0, 0.1) is 5.82 Å². The Hall–Kier alpha value is -1.23. The van der Waals surface area contributed by atoms with Gasteiger partial charge in [-0.2, -0.15) is 0 Å². The van der Waals surface area contributed by atoms with Crippen molar-refractivity contribution in [2.75, 3.05) is 0 Å². The fraction of sp³-hybridized carbons (Fsp3) is 0.250. The highest BCUT2D eigenvalue weighted by molar-refractivity contribution is 9.10. The lowest BCUT2D eigenvalue weighted by atomic mass is 9.98. The molecule has 0 aliphatic heterocycles. The first-order chi connectivity index (χ1) is 9.65. The van der Waals surface area contributed by atoms with Gasteiger partial charge in [0, 0.05) is 0 Å². The molecule has 2 aromatic rings. The van der Waals surface area contributed by atoms with E-state index in [9.17, 15) is 4.39 Å². The molecule has 0 saturated heterocycles. The Labute approximate surface area is 127 Å². The molecule has 20 heavy (non-hydrogen) atoms. The molecule has 0 saturated carbocycles. The second-order valence-corrected chi connectivity index (χ2v) is 5.53. The highest BCUT2D eigenvalue weighted by atomic mass is 79.9. The molecule has 0 bridgehead atoms. The number of benzene rings is 2. The highest BCUT2D eigenvalue weighted by Crippen LogP contribution is 2.28. The summed E-state index contributed by atoms with van der Waals surface area (Å²) >= 11 is 3.29. The van der Waals surface area contributed by atoms with E-state index in [2.05, 4.69) is 52.5 Å². The minimum Gasteiger partial charge on any atom is -0.271 e. The standard InChI is InChI=1S/C16H18BrFN2/c1-2-11-6-8-12(9-7-11)10-15(20-19)13-4-3-5-14(18)16(13)17/h3-9,15,20H,2,10,19H2,1H3. The van der Waals surface area contributed by atoms with Gasteiger partial charge in [0.2, 0.25) is 0 Å². The highest BCUT2D eigenvalue weighted by Gasteiger charge is 2.15. The van der Waals surface area contributed by atoms with Gasteiger partial charge in [-0.3, -0.25) is 11.3 Å². The van der Waals surface area contributed by atoms with Crippen LogP contribution in [0.2, 0.25) is 0 Å². The van der Waals surface area contributed by atoms with Crippen LogP contribution in [-0.4, -0.2) is 0 Å². The molecule has 0 aliphatic carbocycles. The molecule has 0 aliphatic rings. The fourth-order valence-electron chi connectivity index (χ4n) is 2.20. The van der Waals surface area contributed by atoms with Crippen molar-refractivity contribution < 1.29 is 4.39 Å². The van der Waals surface area contributed by atoms with Crippen LogP contribution in [0.25, 0.3) is 0 Å². The minimum atomic E-state index is -0.274. The van der Waals surface area contributed by atoms with Crippen LogP contribution in [0.15, 0.2) is 46.9 Å². The Morgan fingerprint density at radius 1 is 1.15 bits per heavy atom. The molecule has 2 nitrogen and oxygen atoms in total. The van der Waals surface area contributed by atoms with Gasteiger partial charge in [0.25, 0.3) is 0 Å². The van der Waals surface area contributed by atoms with Crippen molar-refractivity contribution in [1.29, 1.82) is 0 Å². The summed E-state index contributed by atoms with van der Waals surface area (Å²) in [6, 6.07) is 13.3. The smallest absolute Gasteiger partial charge is 0.137 e. The second kappa shape index (κ2) is 6.97. The second-order valence-electron chi connectivity index (χ2n) is 4.74. The lowest BCUT2D eigenvalue weighted by molar-refractivity contribution is 0.540. The van der Waals surface area contributed by atoms with Crippen LogP contribution < -0.4 is 11.3 Å². The van der Waals surface area contributed by atoms with Crippen LogP contribution in [0.1, 0.15) is 29.7 Å². The van der Waals surface area contributed by atoms with Crippen LogP contribution >= 0.6 is 15.9 Å². The first-order valence-electron chi connectivity index (χ1n) is 6.63. The zero-order valence-electron chi connectivity index (χ0n) is 11.4. The Morgan fingerprint density at radius 2 is 1.80 bits per heavy atom. The van der Waals surface area contributed by atoms with Crippen LogP contribution in [0.4, 0.5) is 4.39 Å². The quantitative estimate of drug-likeness (QED) is 0.642. The summed E-state index contributed by atoms with van der Waals surface area (Å²) in [5, 5.41) is 0. The van der Waals surface area contributed by atoms with Gasteiger partial charge in [0.05, 0.1) is 10.5 Å². The van der Waals surface area contributed by atoms with Crippen molar-refractivity contribution in [1.82, 2.24) is 5.43 Å². The molecule has 0 amide bonds. The molecule has 0 radical (unpaired) electrons. The minimum absolute atomic E-state index is 0.132. The summed E-state index contributed by atoms with van der Waals surface area (Å²) in [6.07, 6.45) is 1.73. The average Bonchev–Trinajstić information content (AvgIpc) is 2.48. The molecule has 0 aromatic heterocycles. The zero-order valence-corrected chi connectivity index (χ0v) is 13.0. The van der Waals surface area contributed by atoms with E-state index in [1.807, 2.05) is 6.07 Å². The molecular weight excluding hydrogens is 319 g/mol. The van der Waals surface area contributed by atoms with Crippen molar-refractivity contribution in [2.45, 2.75) is 25.8 Å². The summed E-state index contributed by atoms with van der Waals surface area (Å²) in [7, 11) is 0. The van der Waals surface area contributed by atoms with E-state index < -0.39 is 0 Å². The van der Waals surface area contributed by atoms with E-state index in [0.717, 1.165) is 12.0 Å². The molecule has 0 spiro atoms. The number of hydrazine groups is 1. The molecule has 1 atom stereocenters. The third-order valence-electron chi connectivity index (χ3n) is 3.43. The Balaban J connectivity index is 2.21. The largest absolute Gasteiger partial charge is 0.271 e. The van der Waals surface area contributed by atoms with Crippen molar-refractivity contribution in [3.05, 3.63) is 69.4 Å². The fourth-order valence-corrected chi connectivity index (χ4v) is 2.74. The van der Waals surface area contributed by atoms with Crippen LogP contribution in [0.5, 0.6) is 0 Å². The summed E-state index contributed by atoms with van der Waals surface area (Å²) < 4.78 is 14.1. The van der Waals surface area contributed by atoms with Gasteiger partial charge in [0.1, 0.15) is 5.82 Å². The van der Waals surface area contributed by atoms with Gasteiger partial charge in [-0.05, 0) is 51.5 Å². The van der Waals surface area contributed by atoms with Gasteiger partial charge in [-0.25, -0.2) is 4.39 Å². The van der Waals surface area contributed by atoms with Crippen molar-refractivity contribution >= 4 is 15.9 Å². The number of hydrogen-bond donors (Lipinski definition) is 2. The topological polar surface area (TPSA) is 38.0 Å². The van der Waals surface area contributed by atoms with Crippen molar-refractivity contribution in [2.24, 2.45) is 5.84 Å². The van der Waals surface area contributed by atoms with Gasteiger partial charge >= 0.3 is 0 Å². The molecular formula is C16H18BrFN2. The zero-order chi connectivity index (χ0) is 14.5. The Kier molecular flexibility index (Phi) is 5.29. The predicted octanol–water partition coefficient (Wildman–Crippen LogP) is 3.90. The van der Waals surface area contributed by atoms with Crippen molar-refractivity contribution in [3.8, 4) is 0 Å². The number of rotatable bonds is 5. The first kappa shape index (κ1) is 15.2. The number of aryl methyl sites for hydroxylation is 1. The molecule has 1 unspecified atom stereocenters. The van der Waals surface area contributed by atoms with Gasteiger partial charge in [-0.15, -0.1) is 0 Å². The third-order valence-corrected chi connectivity index (χ3v) is 4.27. The normalized spacial score (nSPS) is 12.4. The SMILES string of the molecule is CCc1ccc(CC(NN)c2cccc(F)c2Br)cc1. The number of hydrogen-bond acceptors (Lipinski definition) is 2. The van der Waals surface area contributed by atoms with E-state index >= 15 is 0 Å². The molecule has 0 fully saturated rings. The first-order valence-corrected chi connectivity index (χ1v) is 7.42. The molecule has 3 N–H and O–H groups in total. The lowest BCUT2D eigenvalue weighted by Crippen LogP contribution is -2.30. The molecule has 2 rings (SSSR count). The van der Waals surface area contributed by atoms with Crippen LogP contribution in [-0.2, 0) is 12.8 Å². The Morgan fingerprint density at radius 3 is 2.40 bits per heavy atom. The van der Waals surface area contributed by atoms with E-state index in [1.165, 1.54) is 17.2 Å². The maximum Gasteiger partial charge on any atom is 0.137 e. The van der Waals surface area contributed by atoms with Crippen LogP contribution in [0.3, 0.4) is 0 Å². The van der Waals surface area contributed by atoms with E-state index in [-0.39, 0.29) is 11.9 Å². The number of halogens is 2. The summed E-state index contributed by atoms with van der Waals surface area (Å²) in [6.45, 7) is 2.13. The Bertz CT molecular complexity index is 569. The van der Waals surface area contributed by atoms with Crippen molar-refractivity contribution in [3.63, 3.8) is 0 Å². The summed E-state index contributed by atoms with van der Waals surface area (Å²) in [5.41, 5.74) is 6.06.